The van der Waals surface area contributed by atoms with E-state index in [4.69, 9.17) is 17.3 Å². The Hall–Kier alpha value is -2.12. The number of nitrogens with two attached hydrogens (primary N) is 1. The van der Waals surface area contributed by atoms with Crippen LogP contribution in [0, 0.1) is 10.1 Å². The molecule has 0 atom stereocenters. The predicted octanol–water partition coefficient (Wildman–Crippen LogP) is 2.80. The smallest absolute Gasteiger partial charge is 0.269 e. The Kier molecular flexibility index (Phi) is 4.15. The van der Waals surface area contributed by atoms with Crippen LogP contribution in [0.5, 0.6) is 0 Å². The molecule has 0 saturated heterocycles. The number of nitro benzene ring substituents is 1. The molecule has 0 aromatic heterocycles. The first-order chi connectivity index (χ1) is 9.79. The van der Waals surface area contributed by atoms with E-state index in [0.717, 1.165) is 0 Å². The molecule has 2 aromatic carbocycles. The molecule has 0 aliphatic rings. The van der Waals surface area contributed by atoms with Gasteiger partial charge in [0.15, 0.2) is 9.84 Å². The van der Waals surface area contributed by atoms with Gasteiger partial charge in [-0.15, -0.1) is 0 Å². The van der Waals surface area contributed by atoms with Crippen molar-refractivity contribution in [3.8, 4) is 0 Å². The monoisotopic (exact) mass is 326 g/mol. The van der Waals surface area contributed by atoms with Gasteiger partial charge in [-0.1, -0.05) is 23.7 Å². The zero-order valence-electron chi connectivity index (χ0n) is 10.7. The highest BCUT2D eigenvalue weighted by molar-refractivity contribution is 7.90. The number of hydrogen-bond acceptors (Lipinski definition) is 5. The highest BCUT2D eigenvalue weighted by Crippen LogP contribution is 2.26. The summed E-state index contributed by atoms with van der Waals surface area (Å²) >= 11 is 5.79. The van der Waals surface area contributed by atoms with Crippen LogP contribution in [-0.4, -0.2) is 13.3 Å². The van der Waals surface area contributed by atoms with E-state index < -0.39 is 14.8 Å². The molecule has 0 fully saturated rings. The second-order valence-electron chi connectivity index (χ2n) is 4.36. The number of rotatable bonds is 4. The van der Waals surface area contributed by atoms with Crippen molar-refractivity contribution in [2.24, 2.45) is 0 Å². The first-order valence-electron chi connectivity index (χ1n) is 5.81. The molecule has 0 unspecified atom stereocenters. The lowest BCUT2D eigenvalue weighted by molar-refractivity contribution is -0.384. The average molecular weight is 327 g/mol. The zero-order chi connectivity index (χ0) is 15.6. The van der Waals surface area contributed by atoms with Crippen LogP contribution in [0.1, 0.15) is 5.56 Å². The molecular weight excluding hydrogens is 316 g/mol. The normalized spacial score (nSPS) is 11.3. The molecule has 0 heterocycles. The van der Waals surface area contributed by atoms with E-state index in [1.165, 1.54) is 42.5 Å². The van der Waals surface area contributed by atoms with Gasteiger partial charge < -0.3 is 5.73 Å². The summed E-state index contributed by atoms with van der Waals surface area (Å²) in [5.74, 6) is -0.310. The van der Waals surface area contributed by atoms with Crippen molar-refractivity contribution in [3.63, 3.8) is 0 Å². The maximum absolute atomic E-state index is 12.3. The van der Waals surface area contributed by atoms with E-state index in [2.05, 4.69) is 0 Å². The minimum Gasteiger partial charge on any atom is -0.398 e. The average Bonchev–Trinajstić information content (AvgIpc) is 2.41. The lowest BCUT2D eigenvalue weighted by Crippen LogP contribution is -2.08. The van der Waals surface area contributed by atoms with E-state index in [0.29, 0.717) is 5.56 Å². The van der Waals surface area contributed by atoms with Crippen LogP contribution in [0.25, 0.3) is 0 Å². The molecule has 0 aliphatic carbocycles. The number of nitrogens with zero attached hydrogens (tertiary/aromatic N) is 1. The minimum absolute atomic E-state index is 0.0478. The van der Waals surface area contributed by atoms with Gasteiger partial charge in [-0.3, -0.25) is 10.1 Å². The molecule has 0 spiro atoms. The number of nitro groups is 1. The fourth-order valence-corrected chi connectivity index (χ4v) is 3.55. The molecule has 0 amide bonds. The van der Waals surface area contributed by atoms with Crippen molar-refractivity contribution in [1.29, 1.82) is 0 Å². The highest BCUT2D eigenvalue weighted by Gasteiger charge is 2.19. The van der Waals surface area contributed by atoms with Crippen LogP contribution in [0.3, 0.4) is 0 Å². The van der Waals surface area contributed by atoms with Gasteiger partial charge >= 0.3 is 0 Å². The molecule has 2 aromatic rings. The van der Waals surface area contributed by atoms with Gasteiger partial charge in [-0.2, -0.15) is 0 Å². The highest BCUT2D eigenvalue weighted by atomic mass is 35.5. The number of nitrogen functional groups attached to an aromatic ring is 1. The van der Waals surface area contributed by atoms with E-state index in [1.807, 2.05) is 0 Å². The van der Waals surface area contributed by atoms with Gasteiger partial charge in [-0.05, 0) is 23.8 Å². The van der Waals surface area contributed by atoms with E-state index in [1.54, 1.807) is 0 Å². The summed E-state index contributed by atoms with van der Waals surface area (Å²) in [6.45, 7) is 0. The summed E-state index contributed by atoms with van der Waals surface area (Å²) in [6.07, 6.45) is 0. The van der Waals surface area contributed by atoms with Crippen LogP contribution in [-0.2, 0) is 15.6 Å². The first kappa shape index (κ1) is 15.3. The fourth-order valence-electron chi connectivity index (χ4n) is 1.79. The van der Waals surface area contributed by atoms with Crippen LogP contribution in [0.4, 0.5) is 11.4 Å². The molecule has 8 heteroatoms. The van der Waals surface area contributed by atoms with Crippen molar-refractivity contribution >= 4 is 32.8 Å². The molecule has 0 aliphatic heterocycles. The van der Waals surface area contributed by atoms with Crippen LogP contribution in [0.2, 0.25) is 5.02 Å². The molecule has 2 rings (SSSR count). The SMILES string of the molecule is Nc1ccc(Cl)cc1S(=O)(=O)Cc1ccc([N+](=O)[O-])cc1. The Labute approximate surface area is 126 Å². The molecule has 0 saturated carbocycles. The van der Waals surface area contributed by atoms with Gasteiger partial charge in [0.2, 0.25) is 0 Å². The Bertz CT molecular complexity index is 788. The van der Waals surface area contributed by atoms with Crippen LogP contribution in [0.15, 0.2) is 47.4 Å². The third-order valence-electron chi connectivity index (χ3n) is 2.81. The Balaban J connectivity index is 2.33. The van der Waals surface area contributed by atoms with Crippen LogP contribution >= 0.6 is 11.6 Å². The van der Waals surface area contributed by atoms with Gasteiger partial charge in [0.05, 0.1) is 21.3 Å². The van der Waals surface area contributed by atoms with Crippen molar-refractivity contribution in [3.05, 3.63) is 63.2 Å². The van der Waals surface area contributed by atoms with Crippen LogP contribution < -0.4 is 5.73 Å². The number of halogens is 1. The third-order valence-corrected chi connectivity index (χ3v) is 4.79. The van der Waals surface area contributed by atoms with E-state index in [9.17, 15) is 18.5 Å². The summed E-state index contributed by atoms with van der Waals surface area (Å²) in [4.78, 5) is 9.96. The molecule has 6 nitrogen and oxygen atoms in total. The lowest BCUT2D eigenvalue weighted by atomic mass is 10.2. The number of benzene rings is 2. The standard InChI is InChI=1S/C13H11ClN2O4S/c14-10-3-6-12(15)13(7-10)21(19,20)8-9-1-4-11(5-2-9)16(17)18/h1-7H,8,15H2. The quantitative estimate of drug-likeness (QED) is 0.528. The van der Waals surface area contributed by atoms with Crippen molar-refractivity contribution in [1.82, 2.24) is 0 Å². The van der Waals surface area contributed by atoms with Gasteiger partial charge in [0.25, 0.3) is 5.69 Å². The molecular formula is C13H11ClN2O4S. The summed E-state index contributed by atoms with van der Waals surface area (Å²) in [5.41, 5.74) is 6.11. The van der Waals surface area contributed by atoms with Gasteiger partial charge in [-0.25, -0.2) is 8.42 Å². The summed E-state index contributed by atoms with van der Waals surface area (Å²) < 4.78 is 24.6. The number of anilines is 1. The Morgan fingerprint density at radius 1 is 1.14 bits per heavy atom. The first-order valence-corrected chi connectivity index (χ1v) is 7.84. The van der Waals surface area contributed by atoms with Crippen molar-refractivity contribution < 1.29 is 13.3 Å². The Morgan fingerprint density at radius 2 is 1.76 bits per heavy atom. The molecule has 0 bridgehead atoms. The molecule has 0 radical (unpaired) electrons. The van der Waals surface area contributed by atoms with Crippen molar-refractivity contribution in [2.75, 3.05) is 5.73 Å². The molecule has 21 heavy (non-hydrogen) atoms. The second kappa shape index (κ2) is 5.71. The molecule has 2 N–H and O–H groups in total. The summed E-state index contributed by atoms with van der Waals surface area (Å²) in [5, 5.41) is 10.8. The van der Waals surface area contributed by atoms with Gasteiger partial charge in [0, 0.05) is 17.2 Å². The zero-order valence-corrected chi connectivity index (χ0v) is 12.3. The fraction of sp³-hybridized carbons (Fsp3) is 0.0769. The van der Waals surface area contributed by atoms with E-state index >= 15 is 0 Å². The molecule has 110 valence electrons. The Morgan fingerprint density at radius 3 is 2.33 bits per heavy atom. The summed E-state index contributed by atoms with van der Waals surface area (Å²) in [7, 11) is -3.68. The topological polar surface area (TPSA) is 103 Å². The van der Waals surface area contributed by atoms with E-state index in [-0.39, 0.29) is 27.0 Å². The van der Waals surface area contributed by atoms with Crippen molar-refractivity contribution in [2.45, 2.75) is 10.6 Å². The maximum atomic E-state index is 12.3. The number of hydrogen-bond donors (Lipinski definition) is 1. The maximum Gasteiger partial charge on any atom is 0.269 e. The number of non-ortho nitro benzene ring substituents is 1. The number of sulfone groups is 1. The third kappa shape index (κ3) is 3.50. The second-order valence-corrected chi connectivity index (χ2v) is 6.76. The summed E-state index contributed by atoms with van der Waals surface area (Å²) in [6, 6.07) is 9.52. The largest absolute Gasteiger partial charge is 0.398 e. The predicted molar refractivity (Wildman–Crippen MR) is 79.9 cm³/mol. The van der Waals surface area contributed by atoms with Gasteiger partial charge in [0.1, 0.15) is 0 Å². The minimum atomic E-state index is -3.68. The lowest BCUT2D eigenvalue weighted by Gasteiger charge is -2.08.